The molecule has 6 nitrogen and oxygen atoms in total. The number of hydrogen-bond donors (Lipinski definition) is 0. The van der Waals surface area contributed by atoms with Gasteiger partial charge in [-0.3, -0.25) is 14.6 Å². The minimum Gasteiger partial charge on any atom is -0.494 e. The van der Waals surface area contributed by atoms with Crippen LogP contribution in [0.25, 0.3) is 10.2 Å². The number of aromatic nitrogens is 1. The van der Waals surface area contributed by atoms with Crippen molar-refractivity contribution in [1.29, 1.82) is 0 Å². The third kappa shape index (κ3) is 5.25. The number of methoxy groups -OCH3 is 1. The molecule has 0 bridgehead atoms. The second-order valence-electron chi connectivity index (χ2n) is 6.68. The highest BCUT2D eigenvalue weighted by molar-refractivity contribution is 7.23. The fourth-order valence-electron chi connectivity index (χ4n) is 3.27. The zero-order chi connectivity index (χ0) is 20.2. The number of halogens is 2. The Balaban J connectivity index is 0.00000256. The van der Waals surface area contributed by atoms with Crippen LogP contribution in [0.15, 0.2) is 29.6 Å². The number of morpholine rings is 1. The van der Waals surface area contributed by atoms with E-state index in [0.717, 1.165) is 42.4 Å². The van der Waals surface area contributed by atoms with Gasteiger partial charge in [-0.2, -0.15) is 0 Å². The summed E-state index contributed by atoms with van der Waals surface area (Å²) in [6, 6.07) is 7.56. The van der Waals surface area contributed by atoms with Crippen molar-refractivity contribution in [3.05, 3.63) is 39.5 Å². The third-order valence-electron chi connectivity index (χ3n) is 4.85. The van der Waals surface area contributed by atoms with Gasteiger partial charge in [-0.15, -0.1) is 23.7 Å². The first-order valence-electron chi connectivity index (χ1n) is 9.41. The number of thiazole rings is 1. The predicted octanol–water partition coefficient (Wildman–Crippen LogP) is 4.35. The first kappa shape index (κ1) is 23.2. The maximum absolute atomic E-state index is 13.2. The van der Waals surface area contributed by atoms with Gasteiger partial charge in [0.1, 0.15) is 11.3 Å². The number of amides is 1. The number of benzene rings is 1. The van der Waals surface area contributed by atoms with E-state index in [1.165, 1.54) is 11.3 Å². The van der Waals surface area contributed by atoms with Gasteiger partial charge in [-0.1, -0.05) is 29.0 Å². The lowest BCUT2D eigenvalue weighted by Crippen LogP contribution is -2.43. The molecule has 0 spiro atoms. The van der Waals surface area contributed by atoms with Crippen LogP contribution in [0.1, 0.15) is 4.88 Å². The summed E-state index contributed by atoms with van der Waals surface area (Å²) in [6.07, 6.45) is 0.363. The number of ether oxygens (including phenoxy) is 2. The van der Waals surface area contributed by atoms with Crippen molar-refractivity contribution in [2.45, 2.75) is 6.42 Å². The number of carbonyl (C=O) groups excluding carboxylic acids is 1. The Morgan fingerprint density at radius 2 is 2.13 bits per heavy atom. The SMILES string of the molecule is COc1ccc(Cl)c2sc(N(CCN3CCOCC3)C(=O)Cc3cccs3)nc12.Cl. The molecule has 0 saturated carbocycles. The molecule has 1 fully saturated rings. The molecule has 1 aliphatic rings. The zero-order valence-electron chi connectivity index (χ0n) is 16.5. The summed E-state index contributed by atoms with van der Waals surface area (Å²) in [5.74, 6) is 0.695. The van der Waals surface area contributed by atoms with Crippen LogP contribution in [0.3, 0.4) is 0 Å². The Morgan fingerprint density at radius 1 is 1.33 bits per heavy atom. The molecule has 0 aliphatic carbocycles. The van der Waals surface area contributed by atoms with Crippen molar-refractivity contribution in [3.63, 3.8) is 0 Å². The second-order valence-corrected chi connectivity index (χ2v) is 9.10. The summed E-state index contributed by atoms with van der Waals surface area (Å²) in [4.78, 5) is 23.1. The summed E-state index contributed by atoms with van der Waals surface area (Å²) in [7, 11) is 1.61. The van der Waals surface area contributed by atoms with Gasteiger partial charge in [0.25, 0.3) is 0 Å². The van der Waals surface area contributed by atoms with Gasteiger partial charge in [0, 0.05) is 31.1 Å². The number of anilines is 1. The Hall–Kier alpha value is -1.42. The molecule has 10 heteroatoms. The minimum absolute atomic E-state index is 0. The quantitative estimate of drug-likeness (QED) is 0.495. The first-order chi connectivity index (χ1) is 14.2. The predicted molar refractivity (Wildman–Crippen MR) is 126 cm³/mol. The number of carbonyl (C=O) groups is 1. The van der Waals surface area contributed by atoms with E-state index in [9.17, 15) is 4.79 Å². The highest BCUT2D eigenvalue weighted by Gasteiger charge is 2.23. The second kappa shape index (κ2) is 10.7. The highest BCUT2D eigenvalue weighted by Crippen LogP contribution is 2.38. The summed E-state index contributed by atoms with van der Waals surface area (Å²) in [5, 5.41) is 3.26. The average Bonchev–Trinajstić information content (AvgIpc) is 3.40. The molecule has 1 amide bonds. The van der Waals surface area contributed by atoms with Gasteiger partial charge >= 0.3 is 0 Å². The molecular weight excluding hydrogens is 465 g/mol. The average molecular weight is 488 g/mol. The van der Waals surface area contributed by atoms with Gasteiger partial charge < -0.3 is 9.47 Å². The van der Waals surface area contributed by atoms with Crippen molar-refractivity contribution in [3.8, 4) is 5.75 Å². The first-order valence-corrected chi connectivity index (χ1v) is 11.5. The third-order valence-corrected chi connectivity index (χ3v) is 7.26. The van der Waals surface area contributed by atoms with Crippen molar-refractivity contribution in [1.82, 2.24) is 9.88 Å². The number of fused-ring (bicyclic) bond motifs is 1. The van der Waals surface area contributed by atoms with E-state index in [0.29, 0.717) is 34.4 Å². The molecule has 0 unspecified atom stereocenters. The maximum Gasteiger partial charge on any atom is 0.234 e. The van der Waals surface area contributed by atoms with Crippen LogP contribution in [-0.2, 0) is 16.0 Å². The van der Waals surface area contributed by atoms with E-state index >= 15 is 0 Å². The number of nitrogens with zero attached hydrogens (tertiary/aromatic N) is 3. The van der Waals surface area contributed by atoms with Crippen LogP contribution in [0.5, 0.6) is 5.75 Å². The normalized spacial score (nSPS) is 14.5. The molecule has 1 saturated heterocycles. The van der Waals surface area contributed by atoms with Crippen LogP contribution >= 0.6 is 46.7 Å². The fourth-order valence-corrected chi connectivity index (χ4v) is 5.27. The van der Waals surface area contributed by atoms with Gasteiger partial charge in [-0.25, -0.2) is 4.98 Å². The molecule has 162 valence electrons. The van der Waals surface area contributed by atoms with Crippen LogP contribution in [0.2, 0.25) is 5.02 Å². The summed E-state index contributed by atoms with van der Waals surface area (Å²) < 4.78 is 11.7. The van der Waals surface area contributed by atoms with Gasteiger partial charge in [0.05, 0.1) is 36.5 Å². The van der Waals surface area contributed by atoms with E-state index in [4.69, 9.17) is 26.1 Å². The van der Waals surface area contributed by atoms with Gasteiger partial charge in [-0.05, 0) is 23.6 Å². The highest BCUT2D eigenvalue weighted by atomic mass is 35.5. The number of hydrogen-bond acceptors (Lipinski definition) is 7. The summed E-state index contributed by atoms with van der Waals surface area (Å²) in [5.41, 5.74) is 0.695. The van der Waals surface area contributed by atoms with Gasteiger partial charge in [0.15, 0.2) is 5.13 Å². The number of rotatable bonds is 7. The molecule has 0 atom stereocenters. The Labute approximate surface area is 194 Å². The number of thiophene rings is 1. The summed E-state index contributed by atoms with van der Waals surface area (Å²) in [6.45, 7) is 4.58. The lowest BCUT2D eigenvalue weighted by Gasteiger charge is -2.29. The van der Waals surface area contributed by atoms with Gasteiger partial charge in [0.2, 0.25) is 5.91 Å². The monoisotopic (exact) mass is 487 g/mol. The topological polar surface area (TPSA) is 54.9 Å². The van der Waals surface area contributed by atoms with Crippen LogP contribution in [0.4, 0.5) is 5.13 Å². The molecule has 4 rings (SSSR count). The molecule has 3 heterocycles. The van der Waals surface area contributed by atoms with Crippen LogP contribution < -0.4 is 9.64 Å². The smallest absolute Gasteiger partial charge is 0.234 e. The molecule has 1 aliphatic heterocycles. The molecule has 1 aromatic carbocycles. The van der Waals surface area contributed by atoms with E-state index in [2.05, 4.69) is 4.90 Å². The molecule has 3 aromatic rings. The molecule has 30 heavy (non-hydrogen) atoms. The molecule has 2 aromatic heterocycles. The largest absolute Gasteiger partial charge is 0.494 e. The van der Waals surface area contributed by atoms with E-state index in [1.54, 1.807) is 35.5 Å². The van der Waals surface area contributed by atoms with E-state index < -0.39 is 0 Å². The zero-order valence-corrected chi connectivity index (χ0v) is 19.7. The van der Waals surface area contributed by atoms with Crippen LogP contribution in [0, 0.1) is 0 Å². The lowest BCUT2D eigenvalue weighted by atomic mass is 10.3. The Kier molecular flexibility index (Phi) is 8.33. The Morgan fingerprint density at radius 3 is 2.83 bits per heavy atom. The standard InChI is InChI=1S/C20H22ClN3O3S2.ClH/c1-26-16-5-4-15(21)19-18(16)22-20(29-19)24(7-6-23-8-10-27-11-9-23)17(25)13-14-3-2-12-28-14;/h2-5,12H,6-11,13H2,1H3;1H. The summed E-state index contributed by atoms with van der Waals surface area (Å²) >= 11 is 9.41. The maximum atomic E-state index is 13.2. The fraction of sp³-hybridized carbons (Fsp3) is 0.400. The van der Waals surface area contributed by atoms with Crippen molar-refractivity contribution >= 4 is 67.9 Å². The van der Waals surface area contributed by atoms with E-state index in [1.807, 2.05) is 17.5 Å². The lowest BCUT2D eigenvalue weighted by molar-refractivity contribution is -0.118. The van der Waals surface area contributed by atoms with Crippen LogP contribution in [-0.4, -0.2) is 62.3 Å². The molecule has 0 N–H and O–H groups in total. The Bertz CT molecular complexity index is 975. The van der Waals surface area contributed by atoms with Crippen molar-refractivity contribution in [2.24, 2.45) is 0 Å². The minimum atomic E-state index is 0. The molecule has 0 radical (unpaired) electrons. The van der Waals surface area contributed by atoms with Crippen molar-refractivity contribution in [2.75, 3.05) is 51.4 Å². The molecular formula is C20H23Cl2N3O3S2. The van der Waals surface area contributed by atoms with Crippen molar-refractivity contribution < 1.29 is 14.3 Å². The van der Waals surface area contributed by atoms with E-state index in [-0.39, 0.29) is 18.3 Å².